The number of nitrogens with zero attached hydrogens (tertiary/aromatic N) is 2. The van der Waals surface area contributed by atoms with Gasteiger partial charge in [0, 0.05) is 25.2 Å². The van der Waals surface area contributed by atoms with E-state index in [1.54, 1.807) is 10.9 Å². The van der Waals surface area contributed by atoms with Crippen LogP contribution in [0.4, 0.5) is 0 Å². The van der Waals surface area contributed by atoms with E-state index in [2.05, 4.69) is 10.4 Å². The Bertz CT molecular complexity index is 403. The van der Waals surface area contributed by atoms with E-state index < -0.39 is 0 Å². The Morgan fingerprint density at radius 2 is 2.11 bits per heavy atom. The molecule has 1 aliphatic rings. The number of hydrogen-bond acceptors (Lipinski definition) is 2. The van der Waals surface area contributed by atoms with Gasteiger partial charge in [-0.3, -0.25) is 9.48 Å². The molecule has 0 aliphatic heterocycles. The summed E-state index contributed by atoms with van der Waals surface area (Å²) in [6.45, 7) is 2.45. The van der Waals surface area contributed by atoms with Crippen molar-refractivity contribution in [2.75, 3.05) is 0 Å². The van der Waals surface area contributed by atoms with Gasteiger partial charge in [-0.05, 0) is 19.8 Å². The third-order valence-corrected chi connectivity index (χ3v) is 4.05. The molecule has 1 amide bonds. The number of carbonyl (C=O) groups excluding carboxylic acids is 1. The minimum atomic E-state index is 0.121. The highest BCUT2D eigenvalue weighted by Gasteiger charge is 2.14. The maximum Gasteiger partial charge on any atom is 0.222 e. The topological polar surface area (TPSA) is 46.9 Å². The van der Waals surface area contributed by atoms with Crippen LogP contribution in [-0.4, -0.2) is 21.7 Å². The van der Waals surface area contributed by atoms with Crippen LogP contribution < -0.4 is 5.32 Å². The van der Waals surface area contributed by atoms with Gasteiger partial charge < -0.3 is 5.32 Å². The van der Waals surface area contributed by atoms with Crippen LogP contribution in [0.2, 0.25) is 5.02 Å². The lowest BCUT2D eigenvalue weighted by Crippen LogP contribution is -2.34. The summed E-state index contributed by atoms with van der Waals surface area (Å²) in [5.41, 5.74) is 0.811. The average molecular weight is 284 g/mol. The Morgan fingerprint density at radius 1 is 1.42 bits per heavy atom. The van der Waals surface area contributed by atoms with Gasteiger partial charge in [0.05, 0.1) is 10.7 Å². The van der Waals surface area contributed by atoms with E-state index >= 15 is 0 Å². The van der Waals surface area contributed by atoms with E-state index in [4.69, 9.17) is 11.6 Å². The molecule has 0 bridgehead atoms. The van der Waals surface area contributed by atoms with Crippen molar-refractivity contribution in [2.45, 2.75) is 64.5 Å². The Morgan fingerprint density at radius 3 is 2.68 bits per heavy atom. The van der Waals surface area contributed by atoms with Crippen molar-refractivity contribution in [1.82, 2.24) is 15.1 Å². The fourth-order valence-electron chi connectivity index (χ4n) is 2.55. The van der Waals surface area contributed by atoms with Gasteiger partial charge in [-0.1, -0.05) is 37.3 Å². The van der Waals surface area contributed by atoms with Crippen LogP contribution in [0.3, 0.4) is 0 Å². The van der Waals surface area contributed by atoms with E-state index in [-0.39, 0.29) is 5.91 Å². The zero-order valence-corrected chi connectivity index (χ0v) is 12.2. The van der Waals surface area contributed by atoms with Crippen molar-refractivity contribution < 1.29 is 4.79 Å². The van der Waals surface area contributed by atoms with E-state index in [9.17, 15) is 4.79 Å². The van der Waals surface area contributed by atoms with Crippen LogP contribution in [-0.2, 0) is 11.3 Å². The number of rotatable bonds is 4. The minimum absolute atomic E-state index is 0.121. The Labute approximate surface area is 119 Å². The van der Waals surface area contributed by atoms with Crippen molar-refractivity contribution in [2.24, 2.45) is 0 Å². The van der Waals surface area contributed by atoms with Crippen LogP contribution >= 0.6 is 11.6 Å². The maximum atomic E-state index is 11.9. The number of aromatic nitrogens is 2. The van der Waals surface area contributed by atoms with Crippen LogP contribution in [0.5, 0.6) is 0 Å². The molecule has 19 heavy (non-hydrogen) atoms. The molecular formula is C14H22ClN3O. The molecule has 1 fully saturated rings. The van der Waals surface area contributed by atoms with Gasteiger partial charge in [-0.2, -0.15) is 5.10 Å². The summed E-state index contributed by atoms with van der Waals surface area (Å²) >= 11 is 5.93. The number of hydrogen-bond donors (Lipinski definition) is 1. The summed E-state index contributed by atoms with van der Waals surface area (Å²) < 4.78 is 1.74. The van der Waals surface area contributed by atoms with Crippen molar-refractivity contribution in [3.8, 4) is 0 Å². The quantitative estimate of drug-likeness (QED) is 0.863. The molecule has 2 rings (SSSR count). The number of aryl methyl sites for hydroxylation is 2. The molecule has 5 heteroatoms. The monoisotopic (exact) mass is 283 g/mol. The van der Waals surface area contributed by atoms with Gasteiger partial charge in [0.25, 0.3) is 0 Å². The molecule has 106 valence electrons. The molecule has 0 saturated heterocycles. The Hall–Kier alpha value is -1.03. The third-order valence-electron chi connectivity index (χ3n) is 3.67. The number of amides is 1. The SMILES string of the molecule is Cc1nn(CCC(=O)NC2CCCCCC2)cc1Cl. The molecule has 1 saturated carbocycles. The normalized spacial score (nSPS) is 17.2. The zero-order chi connectivity index (χ0) is 13.7. The zero-order valence-electron chi connectivity index (χ0n) is 11.5. The summed E-state index contributed by atoms with van der Waals surface area (Å²) in [5.74, 6) is 0.121. The molecule has 0 aromatic carbocycles. The molecule has 0 atom stereocenters. The van der Waals surface area contributed by atoms with Crippen LogP contribution in [0.15, 0.2) is 6.20 Å². The average Bonchev–Trinajstić information content (AvgIpc) is 2.58. The fraction of sp³-hybridized carbons (Fsp3) is 0.714. The molecular weight excluding hydrogens is 262 g/mol. The van der Waals surface area contributed by atoms with Gasteiger partial charge in [-0.15, -0.1) is 0 Å². The van der Waals surface area contributed by atoms with Crippen LogP contribution in [0.1, 0.15) is 50.6 Å². The highest BCUT2D eigenvalue weighted by atomic mass is 35.5. The summed E-state index contributed by atoms with van der Waals surface area (Å²) in [4.78, 5) is 11.9. The van der Waals surface area contributed by atoms with Crippen molar-refractivity contribution >= 4 is 17.5 Å². The Kier molecular flexibility index (Phi) is 5.25. The molecule has 0 spiro atoms. The van der Waals surface area contributed by atoms with Crippen LogP contribution in [0.25, 0.3) is 0 Å². The lowest BCUT2D eigenvalue weighted by atomic mass is 10.1. The predicted octanol–water partition coefficient (Wildman–Crippen LogP) is 3.07. The Balaban J connectivity index is 1.74. The van der Waals surface area contributed by atoms with Crippen LogP contribution in [0, 0.1) is 6.92 Å². The molecule has 0 radical (unpaired) electrons. The predicted molar refractivity (Wildman–Crippen MR) is 76.2 cm³/mol. The number of halogens is 1. The highest BCUT2D eigenvalue weighted by molar-refractivity contribution is 6.31. The first kappa shape index (κ1) is 14.4. The number of carbonyl (C=O) groups is 1. The second kappa shape index (κ2) is 6.94. The largest absolute Gasteiger partial charge is 0.353 e. The molecule has 1 aromatic heterocycles. The van der Waals surface area contributed by atoms with E-state index in [1.807, 2.05) is 6.92 Å². The van der Waals surface area contributed by atoms with E-state index in [0.717, 1.165) is 18.5 Å². The smallest absolute Gasteiger partial charge is 0.222 e. The minimum Gasteiger partial charge on any atom is -0.353 e. The summed E-state index contributed by atoms with van der Waals surface area (Å²) in [6, 6.07) is 0.373. The number of nitrogens with one attached hydrogen (secondary N) is 1. The first-order valence-electron chi connectivity index (χ1n) is 7.14. The third kappa shape index (κ3) is 4.53. The van der Waals surface area contributed by atoms with E-state index in [1.165, 1.54) is 25.7 Å². The van der Waals surface area contributed by atoms with Gasteiger partial charge in [0.2, 0.25) is 5.91 Å². The molecule has 0 unspecified atom stereocenters. The second-order valence-corrected chi connectivity index (χ2v) is 5.74. The van der Waals surface area contributed by atoms with Crippen molar-refractivity contribution in [3.63, 3.8) is 0 Å². The highest BCUT2D eigenvalue weighted by Crippen LogP contribution is 2.17. The standard InChI is InChI=1S/C14H22ClN3O/c1-11-13(15)10-18(17-11)9-8-14(19)16-12-6-4-2-3-5-7-12/h10,12H,2-9H2,1H3,(H,16,19). The first-order chi connectivity index (χ1) is 9.15. The summed E-state index contributed by atoms with van der Waals surface area (Å²) in [5, 5.41) is 8.04. The van der Waals surface area contributed by atoms with Gasteiger partial charge in [-0.25, -0.2) is 0 Å². The van der Waals surface area contributed by atoms with Gasteiger partial charge in [0.1, 0.15) is 0 Å². The van der Waals surface area contributed by atoms with Crippen molar-refractivity contribution in [1.29, 1.82) is 0 Å². The summed E-state index contributed by atoms with van der Waals surface area (Å²) in [6.07, 6.45) is 9.56. The molecule has 1 aliphatic carbocycles. The summed E-state index contributed by atoms with van der Waals surface area (Å²) in [7, 11) is 0. The van der Waals surface area contributed by atoms with Crippen molar-refractivity contribution in [3.05, 3.63) is 16.9 Å². The maximum absolute atomic E-state index is 11.9. The lowest BCUT2D eigenvalue weighted by molar-refractivity contribution is -0.122. The lowest BCUT2D eigenvalue weighted by Gasteiger charge is -2.16. The van der Waals surface area contributed by atoms with E-state index in [0.29, 0.717) is 24.0 Å². The molecule has 1 aromatic rings. The second-order valence-electron chi connectivity index (χ2n) is 5.33. The van der Waals surface area contributed by atoms with Gasteiger partial charge >= 0.3 is 0 Å². The first-order valence-corrected chi connectivity index (χ1v) is 7.52. The molecule has 4 nitrogen and oxygen atoms in total. The van der Waals surface area contributed by atoms with Gasteiger partial charge in [0.15, 0.2) is 0 Å². The fourth-order valence-corrected chi connectivity index (χ4v) is 2.70. The molecule has 1 heterocycles. The molecule has 1 N–H and O–H groups in total.